The molecule has 0 radical (unpaired) electrons. The average molecular weight is 330 g/mol. The second kappa shape index (κ2) is 6.78. The van der Waals surface area contributed by atoms with Gasteiger partial charge in [0.25, 0.3) is 0 Å². The molecule has 0 aliphatic carbocycles. The summed E-state index contributed by atoms with van der Waals surface area (Å²) in [5, 5.41) is 3.91. The second-order valence-corrected chi connectivity index (χ2v) is 6.43. The van der Waals surface area contributed by atoms with Crippen molar-refractivity contribution in [2.45, 2.75) is 26.2 Å². The minimum Gasteiger partial charge on any atom is -0.466 e. The lowest BCUT2D eigenvalue weighted by Gasteiger charge is -2.15. The maximum absolute atomic E-state index is 11.8. The molecule has 2 rings (SSSR count). The first-order valence-corrected chi connectivity index (χ1v) is 7.53. The van der Waals surface area contributed by atoms with Crippen LogP contribution >= 0.6 is 0 Å². The number of benzene rings is 1. The zero-order valence-corrected chi connectivity index (χ0v) is 14.5. The van der Waals surface area contributed by atoms with Crippen molar-refractivity contribution in [2.24, 2.45) is 0 Å². The highest BCUT2D eigenvalue weighted by Gasteiger charge is 2.17. The lowest BCUT2D eigenvalue weighted by Crippen LogP contribution is -2.15. The lowest BCUT2D eigenvalue weighted by atomic mass is 9.92. The molecular weight excluding hydrogens is 308 g/mol. The van der Waals surface area contributed by atoms with Crippen LogP contribution in [-0.4, -0.2) is 31.1 Å². The molecule has 0 bridgehead atoms. The summed E-state index contributed by atoms with van der Waals surface area (Å²) in [5.41, 5.74) is 2.81. The third-order valence-corrected chi connectivity index (χ3v) is 3.58. The number of nitrogens with one attached hydrogen (secondary N) is 2. The van der Waals surface area contributed by atoms with Crippen molar-refractivity contribution in [2.75, 3.05) is 19.5 Å². The number of H-pyrrole nitrogens is 1. The maximum atomic E-state index is 11.8. The van der Waals surface area contributed by atoms with Gasteiger partial charge in [-0.15, -0.1) is 0 Å². The Morgan fingerprint density at radius 3 is 2.42 bits per heavy atom. The Kier molecular flexibility index (Phi) is 4.97. The topological polar surface area (TPSA) is 80.4 Å². The van der Waals surface area contributed by atoms with Crippen LogP contribution in [0.1, 0.15) is 26.5 Å². The first kappa shape index (κ1) is 17.6. The molecule has 0 saturated heterocycles. The van der Waals surface area contributed by atoms with Crippen LogP contribution in [0.25, 0.3) is 10.9 Å². The van der Waals surface area contributed by atoms with Crippen molar-refractivity contribution >= 4 is 28.5 Å². The second-order valence-electron chi connectivity index (χ2n) is 6.43. The molecule has 2 aromatic rings. The standard InChI is InChI=1S/C18H22N2O4/c1-18(2,3)15-9-11-8-12(6-7-13(11)20-15)19-14(17(22)24-5)10-16(21)23-4/h6-10,19-20H,1-5H3/b14-10+. The van der Waals surface area contributed by atoms with Gasteiger partial charge in [-0.1, -0.05) is 20.8 Å². The largest absolute Gasteiger partial charge is 0.466 e. The molecule has 0 fully saturated rings. The molecule has 0 aliphatic rings. The van der Waals surface area contributed by atoms with Gasteiger partial charge in [0.2, 0.25) is 0 Å². The molecule has 1 aromatic heterocycles. The van der Waals surface area contributed by atoms with Gasteiger partial charge in [-0.2, -0.15) is 0 Å². The monoisotopic (exact) mass is 330 g/mol. The molecule has 0 unspecified atom stereocenters. The number of hydrogen-bond acceptors (Lipinski definition) is 5. The molecule has 24 heavy (non-hydrogen) atoms. The van der Waals surface area contributed by atoms with E-state index < -0.39 is 11.9 Å². The molecule has 128 valence electrons. The Labute approximate surface area is 140 Å². The number of methoxy groups -OCH3 is 2. The average Bonchev–Trinajstić information content (AvgIpc) is 2.96. The van der Waals surface area contributed by atoms with Gasteiger partial charge in [-0.05, 0) is 24.3 Å². The predicted octanol–water partition coefficient (Wildman–Crippen LogP) is 3.11. The minimum atomic E-state index is -0.648. The fourth-order valence-electron chi connectivity index (χ4n) is 2.20. The first-order valence-electron chi connectivity index (χ1n) is 7.53. The molecule has 0 amide bonds. The molecule has 0 atom stereocenters. The highest BCUT2D eigenvalue weighted by molar-refractivity contribution is 5.99. The fraction of sp³-hybridized carbons (Fsp3) is 0.333. The summed E-state index contributed by atoms with van der Waals surface area (Å²) >= 11 is 0. The third-order valence-electron chi connectivity index (χ3n) is 3.58. The molecule has 0 saturated carbocycles. The summed E-state index contributed by atoms with van der Waals surface area (Å²) in [6.07, 6.45) is 1.06. The fourth-order valence-corrected chi connectivity index (χ4v) is 2.20. The van der Waals surface area contributed by atoms with Crippen LogP contribution in [0.2, 0.25) is 0 Å². The van der Waals surface area contributed by atoms with Crippen molar-refractivity contribution in [1.82, 2.24) is 4.98 Å². The van der Waals surface area contributed by atoms with Crippen LogP contribution in [-0.2, 0) is 24.5 Å². The molecule has 0 aliphatic heterocycles. The number of esters is 2. The van der Waals surface area contributed by atoms with E-state index in [-0.39, 0.29) is 11.1 Å². The van der Waals surface area contributed by atoms with Crippen molar-refractivity contribution in [3.8, 4) is 0 Å². The maximum Gasteiger partial charge on any atom is 0.354 e. The number of aromatic amines is 1. The number of anilines is 1. The van der Waals surface area contributed by atoms with E-state index in [4.69, 9.17) is 0 Å². The summed E-state index contributed by atoms with van der Waals surface area (Å²) in [4.78, 5) is 26.6. The van der Waals surface area contributed by atoms with Gasteiger partial charge in [-0.25, -0.2) is 9.59 Å². The van der Waals surface area contributed by atoms with E-state index in [2.05, 4.69) is 46.6 Å². The van der Waals surface area contributed by atoms with Crippen molar-refractivity contribution in [1.29, 1.82) is 0 Å². The third kappa shape index (κ3) is 3.95. The van der Waals surface area contributed by atoms with Gasteiger partial charge in [0.1, 0.15) is 5.70 Å². The summed E-state index contributed by atoms with van der Waals surface area (Å²) < 4.78 is 9.24. The zero-order chi connectivity index (χ0) is 17.9. The minimum absolute atomic E-state index is 0.00851. The van der Waals surface area contributed by atoms with Crippen LogP contribution in [0.4, 0.5) is 5.69 Å². The molecule has 6 heteroatoms. The Hall–Kier alpha value is -2.76. The van der Waals surface area contributed by atoms with Gasteiger partial charge >= 0.3 is 11.9 Å². The summed E-state index contributed by atoms with van der Waals surface area (Å²) in [7, 11) is 2.49. The van der Waals surface area contributed by atoms with E-state index in [0.29, 0.717) is 5.69 Å². The van der Waals surface area contributed by atoms with E-state index in [0.717, 1.165) is 22.7 Å². The highest BCUT2D eigenvalue weighted by Crippen LogP contribution is 2.27. The Morgan fingerprint density at radius 1 is 1.12 bits per heavy atom. The van der Waals surface area contributed by atoms with Crippen molar-refractivity contribution < 1.29 is 19.1 Å². The van der Waals surface area contributed by atoms with Crippen molar-refractivity contribution in [3.05, 3.63) is 41.7 Å². The number of aromatic nitrogens is 1. The quantitative estimate of drug-likeness (QED) is 0.665. The van der Waals surface area contributed by atoms with Crippen LogP contribution in [0.3, 0.4) is 0 Å². The molecule has 2 N–H and O–H groups in total. The van der Waals surface area contributed by atoms with Crippen LogP contribution in [0.5, 0.6) is 0 Å². The molecule has 1 aromatic carbocycles. The number of rotatable bonds is 4. The van der Waals surface area contributed by atoms with Gasteiger partial charge < -0.3 is 19.8 Å². The summed E-state index contributed by atoms with van der Waals surface area (Å²) in [6.45, 7) is 6.39. The van der Waals surface area contributed by atoms with E-state index in [1.165, 1.54) is 14.2 Å². The zero-order valence-electron chi connectivity index (χ0n) is 14.5. The first-order chi connectivity index (χ1) is 11.2. The lowest BCUT2D eigenvalue weighted by molar-refractivity contribution is -0.138. The summed E-state index contributed by atoms with van der Waals surface area (Å²) in [6, 6.07) is 7.71. The van der Waals surface area contributed by atoms with E-state index in [9.17, 15) is 9.59 Å². The van der Waals surface area contributed by atoms with Gasteiger partial charge in [0.05, 0.1) is 20.3 Å². The number of carbonyl (C=O) groups is 2. The van der Waals surface area contributed by atoms with Crippen LogP contribution < -0.4 is 5.32 Å². The smallest absolute Gasteiger partial charge is 0.354 e. The van der Waals surface area contributed by atoms with Crippen LogP contribution in [0, 0.1) is 0 Å². The van der Waals surface area contributed by atoms with Gasteiger partial charge in [0, 0.05) is 27.7 Å². The van der Waals surface area contributed by atoms with E-state index >= 15 is 0 Å². The van der Waals surface area contributed by atoms with E-state index in [1.54, 1.807) is 0 Å². The van der Waals surface area contributed by atoms with Gasteiger partial charge in [-0.3, -0.25) is 0 Å². The predicted molar refractivity (Wildman–Crippen MR) is 92.7 cm³/mol. The van der Waals surface area contributed by atoms with Crippen LogP contribution in [0.15, 0.2) is 36.0 Å². The SMILES string of the molecule is COC(=O)/C=C(/Nc1ccc2[nH]c(C(C)(C)C)cc2c1)C(=O)OC. The highest BCUT2D eigenvalue weighted by atomic mass is 16.5. The Bertz CT molecular complexity index is 797. The van der Waals surface area contributed by atoms with E-state index in [1.807, 2.05) is 18.2 Å². The molecule has 0 spiro atoms. The number of ether oxygens (including phenoxy) is 2. The Morgan fingerprint density at radius 2 is 1.83 bits per heavy atom. The number of hydrogen-bond donors (Lipinski definition) is 2. The number of fused-ring (bicyclic) bond motifs is 1. The van der Waals surface area contributed by atoms with Gasteiger partial charge in [0.15, 0.2) is 0 Å². The molecule has 6 nitrogen and oxygen atoms in total. The molecular formula is C18H22N2O4. The normalized spacial score (nSPS) is 12.1. The number of carbonyl (C=O) groups excluding carboxylic acids is 2. The Balaban J connectivity index is 2.35. The molecule has 1 heterocycles. The van der Waals surface area contributed by atoms with Crippen molar-refractivity contribution in [3.63, 3.8) is 0 Å². The summed E-state index contributed by atoms with van der Waals surface area (Å²) in [5.74, 6) is -1.29.